The van der Waals surface area contributed by atoms with Crippen LogP contribution in [0.5, 0.6) is 5.75 Å². The van der Waals surface area contributed by atoms with Gasteiger partial charge in [0.25, 0.3) is 11.8 Å². The molecule has 3 N–H and O–H groups in total. The molecule has 0 radical (unpaired) electrons. The highest BCUT2D eigenvalue weighted by atomic mass is 32.1. The maximum Gasteiger partial charge on any atom is 0.258 e. The average Bonchev–Trinajstić information content (AvgIpc) is 3.19. The Hall–Kier alpha value is -3.12. The van der Waals surface area contributed by atoms with E-state index in [1.54, 1.807) is 35.6 Å². The molecule has 6 heteroatoms. The number of primary amides is 1. The van der Waals surface area contributed by atoms with Crippen molar-refractivity contribution in [3.05, 3.63) is 88.1 Å². The molecule has 1 heterocycles. The van der Waals surface area contributed by atoms with Crippen molar-refractivity contribution in [2.45, 2.75) is 6.04 Å². The lowest BCUT2D eigenvalue weighted by atomic mass is 10.1. The zero-order chi connectivity index (χ0) is 18.4. The van der Waals surface area contributed by atoms with Crippen LogP contribution >= 0.6 is 11.3 Å². The van der Waals surface area contributed by atoms with Crippen LogP contribution in [-0.4, -0.2) is 18.4 Å². The van der Waals surface area contributed by atoms with E-state index in [2.05, 4.69) is 5.32 Å². The highest BCUT2D eigenvalue weighted by molar-refractivity contribution is 7.10. The first kappa shape index (κ1) is 17.7. The lowest BCUT2D eigenvalue weighted by Gasteiger charge is -2.18. The minimum atomic E-state index is -0.596. The average molecular weight is 366 g/mol. The van der Waals surface area contributed by atoms with Gasteiger partial charge in [0.2, 0.25) is 0 Å². The van der Waals surface area contributed by atoms with E-state index in [1.165, 1.54) is 0 Å². The standard InChI is InChI=1S/C20H18N2O3S/c21-20(24)15-9-4-5-10-16(15)25-13-18(23)22-19(17-11-6-12-26-17)14-7-2-1-3-8-14/h1-12,19H,13H2,(H2,21,24)(H,22,23)/t19-/m1/s1. The molecular weight excluding hydrogens is 348 g/mol. The van der Waals surface area contributed by atoms with Crippen molar-refractivity contribution >= 4 is 23.2 Å². The van der Waals surface area contributed by atoms with Crippen molar-refractivity contribution in [1.82, 2.24) is 5.32 Å². The summed E-state index contributed by atoms with van der Waals surface area (Å²) in [5.41, 5.74) is 6.56. The van der Waals surface area contributed by atoms with Gasteiger partial charge in [-0.25, -0.2) is 0 Å². The quantitative estimate of drug-likeness (QED) is 0.674. The lowest BCUT2D eigenvalue weighted by Crippen LogP contribution is -2.33. The Morgan fingerprint density at radius 3 is 2.42 bits per heavy atom. The number of hydrogen-bond donors (Lipinski definition) is 2. The van der Waals surface area contributed by atoms with Gasteiger partial charge in [-0.05, 0) is 29.1 Å². The van der Waals surface area contributed by atoms with Gasteiger partial charge in [-0.3, -0.25) is 9.59 Å². The van der Waals surface area contributed by atoms with Crippen LogP contribution in [0.15, 0.2) is 72.1 Å². The summed E-state index contributed by atoms with van der Waals surface area (Å²) >= 11 is 1.57. The van der Waals surface area contributed by atoms with E-state index in [-0.39, 0.29) is 24.1 Å². The van der Waals surface area contributed by atoms with Gasteiger partial charge in [-0.15, -0.1) is 11.3 Å². The van der Waals surface area contributed by atoms with E-state index in [0.29, 0.717) is 5.75 Å². The number of nitrogens with two attached hydrogens (primary N) is 1. The first-order valence-corrected chi connectivity index (χ1v) is 8.92. The van der Waals surface area contributed by atoms with Crippen LogP contribution < -0.4 is 15.8 Å². The van der Waals surface area contributed by atoms with E-state index < -0.39 is 5.91 Å². The normalized spacial score (nSPS) is 11.5. The second-order valence-electron chi connectivity index (χ2n) is 5.58. The summed E-state index contributed by atoms with van der Waals surface area (Å²) in [6, 6.07) is 20.0. The third kappa shape index (κ3) is 4.29. The summed E-state index contributed by atoms with van der Waals surface area (Å²) < 4.78 is 5.50. The largest absolute Gasteiger partial charge is 0.483 e. The third-order valence-electron chi connectivity index (χ3n) is 3.78. The number of amides is 2. The minimum Gasteiger partial charge on any atom is -0.483 e. The molecule has 3 aromatic rings. The van der Waals surface area contributed by atoms with Gasteiger partial charge >= 0.3 is 0 Å². The van der Waals surface area contributed by atoms with Gasteiger partial charge < -0.3 is 15.8 Å². The van der Waals surface area contributed by atoms with E-state index >= 15 is 0 Å². The van der Waals surface area contributed by atoms with Gasteiger partial charge in [-0.1, -0.05) is 48.5 Å². The molecule has 5 nitrogen and oxygen atoms in total. The molecule has 0 fully saturated rings. The molecule has 1 aromatic heterocycles. The smallest absolute Gasteiger partial charge is 0.258 e. The number of thiophene rings is 1. The molecule has 0 aliphatic rings. The molecule has 2 amide bonds. The van der Waals surface area contributed by atoms with Gasteiger partial charge in [0.1, 0.15) is 5.75 Å². The topological polar surface area (TPSA) is 81.4 Å². The van der Waals surface area contributed by atoms with Crippen LogP contribution in [0.3, 0.4) is 0 Å². The Labute approximate surface area is 155 Å². The second kappa shape index (κ2) is 8.31. The fourth-order valence-electron chi connectivity index (χ4n) is 2.56. The van der Waals surface area contributed by atoms with E-state index in [9.17, 15) is 9.59 Å². The highest BCUT2D eigenvalue weighted by Gasteiger charge is 2.18. The maximum atomic E-state index is 12.4. The molecular formula is C20H18N2O3S. The summed E-state index contributed by atoms with van der Waals surface area (Å²) in [6.45, 7) is -0.209. The van der Waals surface area contributed by atoms with Crippen molar-refractivity contribution in [2.24, 2.45) is 5.73 Å². The molecule has 0 spiro atoms. The van der Waals surface area contributed by atoms with E-state index in [0.717, 1.165) is 10.4 Å². The number of rotatable bonds is 7. The van der Waals surface area contributed by atoms with Crippen LogP contribution in [0.1, 0.15) is 26.8 Å². The first-order valence-electron chi connectivity index (χ1n) is 8.04. The van der Waals surface area contributed by atoms with Gasteiger partial charge in [0, 0.05) is 4.88 Å². The lowest BCUT2D eigenvalue weighted by molar-refractivity contribution is -0.123. The number of para-hydroxylation sites is 1. The van der Waals surface area contributed by atoms with Crippen LogP contribution in [-0.2, 0) is 4.79 Å². The molecule has 0 aliphatic carbocycles. The molecule has 0 unspecified atom stereocenters. The Balaban J connectivity index is 1.71. The summed E-state index contributed by atoms with van der Waals surface area (Å²) in [6.07, 6.45) is 0. The van der Waals surface area contributed by atoms with Crippen LogP contribution in [0.25, 0.3) is 0 Å². The fourth-order valence-corrected chi connectivity index (χ4v) is 3.36. The van der Waals surface area contributed by atoms with Gasteiger partial charge in [0.15, 0.2) is 6.61 Å². The number of carbonyl (C=O) groups is 2. The van der Waals surface area contributed by atoms with E-state index in [1.807, 2.05) is 47.8 Å². The summed E-state index contributed by atoms with van der Waals surface area (Å²) in [4.78, 5) is 24.9. The molecule has 0 bridgehead atoms. The van der Waals surface area contributed by atoms with Crippen LogP contribution in [0.2, 0.25) is 0 Å². The zero-order valence-electron chi connectivity index (χ0n) is 13.9. The maximum absolute atomic E-state index is 12.4. The molecule has 0 saturated heterocycles. The molecule has 2 aromatic carbocycles. The number of benzene rings is 2. The summed E-state index contributed by atoms with van der Waals surface area (Å²) in [5.74, 6) is -0.587. The molecule has 0 saturated carbocycles. The first-order chi connectivity index (χ1) is 12.6. The van der Waals surface area contributed by atoms with Crippen LogP contribution in [0, 0.1) is 0 Å². The molecule has 132 valence electrons. The number of hydrogen-bond acceptors (Lipinski definition) is 4. The van der Waals surface area contributed by atoms with Crippen molar-refractivity contribution in [3.8, 4) is 5.75 Å². The predicted molar refractivity (Wildman–Crippen MR) is 101 cm³/mol. The fraction of sp³-hybridized carbons (Fsp3) is 0.100. The molecule has 26 heavy (non-hydrogen) atoms. The van der Waals surface area contributed by atoms with Crippen molar-refractivity contribution < 1.29 is 14.3 Å². The van der Waals surface area contributed by atoms with Gasteiger partial charge in [0.05, 0.1) is 11.6 Å². The Bertz CT molecular complexity index is 879. The molecule has 3 rings (SSSR count). The third-order valence-corrected chi connectivity index (χ3v) is 4.71. The Kier molecular flexibility index (Phi) is 5.66. The summed E-state index contributed by atoms with van der Waals surface area (Å²) in [5, 5.41) is 4.95. The predicted octanol–water partition coefficient (Wildman–Crippen LogP) is 3.13. The minimum absolute atomic E-state index is 0.209. The van der Waals surface area contributed by atoms with Crippen molar-refractivity contribution in [3.63, 3.8) is 0 Å². The van der Waals surface area contributed by atoms with Crippen molar-refractivity contribution in [1.29, 1.82) is 0 Å². The number of nitrogens with one attached hydrogen (secondary N) is 1. The SMILES string of the molecule is NC(=O)c1ccccc1OCC(=O)N[C@H](c1ccccc1)c1cccs1. The second-order valence-corrected chi connectivity index (χ2v) is 6.55. The zero-order valence-corrected chi connectivity index (χ0v) is 14.7. The summed E-state index contributed by atoms with van der Waals surface area (Å²) in [7, 11) is 0. The Morgan fingerprint density at radius 2 is 1.73 bits per heavy atom. The monoisotopic (exact) mass is 366 g/mol. The Morgan fingerprint density at radius 1 is 1.00 bits per heavy atom. The number of carbonyl (C=O) groups excluding carboxylic acids is 2. The number of ether oxygens (including phenoxy) is 1. The van der Waals surface area contributed by atoms with Crippen molar-refractivity contribution in [2.75, 3.05) is 6.61 Å². The van der Waals surface area contributed by atoms with Gasteiger partial charge in [-0.2, -0.15) is 0 Å². The molecule has 0 aliphatic heterocycles. The van der Waals surface area contributed by atoms with E-state index in [4.69, 9.17) is 10.5 Å². The van der Waals surface area contributed by atoms with Crippen LogP contribution in [0.4, 0.5) is 0 Å². The molecule has 1 atom stereocenters. The highest BCUT2D eigenvalue weighted by Crippen LogP contribution is 2.26.